The van der Waals surface area contributed by atoms with Gasteiger partial charge in [-0.2, -0.15) is 8.42 Å². The Morgan fingerprint density at radius 1 is 1.27 bits per heavy atom. The fourth-order valence-corrected chi connectivity index (χ4v) is 4.05. The predicted octanol–water partition coefficient (Wildman–Crippen LogP) is -1.27. The van der Waals surface area contributed by atoms with Crippen molar-refractivity contribution in [1.82, 2.24) is 24.2 Å². The number of nitrogens with two attached hydrogens (primary N) is 1. The summed E-state index contributed by atoms with van der Waals surface area (Å²) in [5.74, 6) is -1.41. The molecule has 15 heteroatoms. The van der Waals surface area contributed by atoms with Crippen LogP contribution < -0.4 is 10.5 Å². The molecule has 4 rings (SSSR count). The molecule has 1 fully saturated rings. The number of aromatic hydroxyl groups is 1. The first-order valence-corrected chi connectivity index (χ1v) is 10.9. The highest BCUT2D eigenvalue weighted by Crippen LogP contribution is 2.32. The number of anilines is 1. The highest BCUT2D eigenvalue weighted by Gasteiger charge is 2.45. The van der Waals surface area contributed by atoms with E-state index in [-0.39, 0.29) is 22.5 Å². The van der Waals surface area contributed by atoms with E-state index < -0.39 is 53.1 Å². The lowest BCUT2D eigenvalue weighted by molar-refractivity contribution is -0.0468. The molecule has 0 radical (unpaired) electrons. The first-order valence-electron chi connectivity index (χ1n) is 9.53. The van der Waals surface area contributed by atoms with Crippen molar-refractivity contribution < 1.29 is 37.5 Å². The maximum atomic E-state index is 12.2. The van der Waals surface area contributed by atoms with Gasteiger partial charge in [-0.25, -0.2) is 19.7 Å². The lowest BCUT2D eigenvalue weighted by Gasteiger charge is -2.16. The zero-order chi connectivity index (χ0) is 23.9. The van der Waals surface area contributed by atoms with E-state index in [1.807, 2.05) is 0 Å². The third-order valence-corrected chi connectivity index (χ3v) is 5.88. The van der Waals surface area contributed by atoms with Gasteiger partial charge in [0.25, 0.3) is 5.91 Å². The number of rotatable bonds is 6. The molecule has 1 saturated heterocycles. The topological polar surface area (TPSA) is 212 Å². The van der Waals surface area contributed by atoms with Gasteiger partial charge in [0.2, 0.25) is 0 Å². The van der Waals surface area contributed by atoms with Crippen molar-refractivity contribution in [2.45, 2.75) is 31.5 Å². The number of phenolic OH excluding ortho intramolecular Hbond substituents is 1. The van der Waals surface area contributed by atoms with Gasteiger partial charge in [0.1, 0.15) is 35.9 Å². The van der Waals surface area contributed by atoms with E-state index in [4.69, 9.17) is 14.7 Å². The van der Waals surface area contributed by atoms with E-state index in [0.717, 1.165) is 0 Å². The Bertz CT molecular complexity index is 1310. The van der Waals surface area contributed by atoms with E-state index >= 15 is 0 Å². The van der Waals surface area contributed by atoms with Crippen LogP contribution in [0.3, 0.4) is 0 Å². The van der Waals surface area contributed by atoms with Gasteiger partial charge in [0.15, 0.2) is 17.7 Å². The molecule has 1 aromatic carbocycles. The van der Waals surface area contributed by atoms with Gasteiger partial charge in [-0.15, -0.1) is 0 Å². The van der Waals surface area contributed by atoms with E-state index in [9.17, 15) is 28.5 Å². The Labute approximate surface area is 186 Å². The molecule has 4 atom stereocenters. The Hall–Kier alpha value is -3.37. The molecule has 1 aliphatic heterocycles. The number of phenols is 1. The maximum absolute atomic E-state index is 12.2. The van der Waals surface area contributed by atoms with Crippen molar-refractivity contribution in [3.8, 4) is 5.75 Å². The lowest BCUT2D eigenvalue weighted by atomic mass is 10.1. The molecule has 14 nitrogen and oxygen atoms in total. The van der Waals surface area contributed by atoms with Crippen LogP contribution in [0, 0.1) is 6.92 Å². The summed E-state index contributed by atoms with van der Waals surface area (Å²) in [6.07, 6.45) is -2.98. The molecule has 1 aliphatic rings. The summed E-state index contributed by atoms with van der Waals surface area (Å²) in [5, 5.41) is 30.6. The number of ether oxygens (including phenoxy) is 1. The number of amides is 1. The van der Waals surface area contributed by atoms with Gasteiger partial charge in [-0.3, -0.25) is 13.5 Å². The molecule has 33 heavy (non-hydrogen) atoms. The van der Waals surface area contributed by atoms with E-state index in [0.29, 0.717) is 5.56 Å². The fourth-order valence-electron chi connectivity index (χ4n) is 3.34. The van der Waals surface area contributed by atoms with Crippen molar-refractivity contribution in [3.05, 3.63) is 42.0 Å². The van der Waals surface area contributed by atoms with Crippen molar-refractivity contribution in [3.63, 3.8) is 0 Å². The minimum atomic E-state index is -4.64. The maximum Gasteiger partial charge on any atom is 0.362 e. The van der Waals surface area contributed by atoms with Crippen LogP contribution in [-0.2, 0) is 19.2 Å². The Balaban J connectivity index is 1.43. The number of nitrogens with zero attached hydrogens (tertiary/aromatic N) is 4. The fraction of sp³-hybridized carbons (Fsp3) is 0.333. The number of imidazole rings is 1. The van der Waals surface area contributed by atoms with Crippen LogP contribution in [0.5, 0.6) is 5.75 Å². The summed E-state index contributed by atoms with van der Waals surface area (Å²) >= 11 is 0. The number of aliphatic hydroxyl groups is 2. The Morgan fingerprint density at radius 2 is 2.03 bits per heavy atom. The Morgan fingerprint density at radius 3 is 2.76 bits per heavy atom. The van der Waals surface area contributed by atoms with Crippen LogP contribution in [0.2, 0.25) is 0 Å². The average Bonchev–Trinajstić information content (AvgIpc) is 3.29. The number of carbonyl (C=O) groups excluding carboxylic acids is 1. The van der Waals surface area contributed by atoms with Crippen LogP contribution in [0.25, 0.3) is 11.2 Å². The van der Waals surface area contributed by atoms with Crippen molar-refractivity contribution in [1.29, 1.82) is 0 Å². The standard InChI is InChI=1S/C18H20N6O8S/c1-8-2-3-9(10(25)4-8)17(28)23-33(29,30)31-5-11-13(26)14(27)18(32-11)24-7-22-12-15(19)20-6-21-16(12)24/h2-4,6-7,11,13-14,18,25-27H,5H2,1H3,(H,23,28)(H2,19,20,21)/t11-,13-,14-,18-/m1/s1. The number of aliphatic hydroxyl groups excluding tert-OH is 2. The van der Waals surface area contributed by atoms with Crippen LogP contribution >= 0.6 is 0 Å². The number of aryl methyl sites for hydroxylation is 1. The monoisotopic (exact) mass is 480 g/mol. The van der Waals surface area contributed by atoms with Crippen LogP contribution in [0.1, 0.15) is 22.1 Å². The molecule has 176 valence electrons. The number of hydrogen-bond acceptors (Lipinski definition) is 12. The second kappa shape index (κ2) is 8.53. The molecule has 2 aromatic heterocycles. The van der Waals surface area contributed by atoms with Gasteiger partial charge < -0.3 is 25.8 Å². The molecular formula is C18H20N6O8S. The largest absolute Gasteiger partial charge is 0.507 e. The highest BCUT2D eigenvalue weighted by atomic mass is 32.2. The van der Waals surface area contributed by atoms with Gasteiger partial charge in [0, 0.05) is 0 Å². The van der Waals surface area contributed by atoms with Crippen LogP contribution in [0.4, 0.5) is 5.82 Å². The quantitative estimate of drug-likeness (QED) is 0.279. The summed E-state index contributed by atoms with van der Waals surface area (Å²) in [6, 6.07) is 4.07. The summed E-state index contributed by atoms with van der Waals surface area (Å²) in [4.78, 5) is 24.1. The molecule has 6 N–H and O–H groups in total. The predicted molar refractivity (Wildman–Crippen MR) is 111 cm³/mol. The van der Waals surface area contributed by atoms with Crippen LogP contribution in [-0.4, -0.2) is 74.1 Å². The summed E-state index contributed by atoms with van der Waals surface area (Å²) in [6.45, 7) is 0.964. The number of aromatic nitrogens is 4. The molecule has 0 saturated carbocycles. The van der Waals surface area contributed by atoms with E-state index in [2.05, 4.69) is 15.0 Å². The zero-order valence-electron chi connectivity index (χ0n) is 17.1. The number of carbonyl (C=O) groups is 1. The molecule has 0 unspecified atom stereocenters. The number of nitrogens with one attached hydrogen (secondary N) is 1. The van der Waals surface area contributed by atoms with Crippen molar-refractivity contribution >= 4 is 33.2 Å². The summed E-state index contributed by atoms with van der Waals surface area (Å²) < 4.78 is 37.7. The highest BCUT2D eigenvalue weighted by molar-refractivity contribution is 7.85. The van der Waals surface area contributed by atoms with Crippen molar-refractivity contribution in [2.75, 3.05) is 12.3 Å². The Kier molecular flexibility index (Phi) is 5.89. The first kappa shape index (κ1) is 22.8. The molecule has 1 amide bonds. The average molecular weight is 480 g/mol. The minimum absolute atomic E-state index is 0.105. The van der Waals surface area contributed by atoms with Gasteiger partial charge in [-0.05, 0) is 24.6 Å². The molecule has 0 spiro atoms. The number of hydrogen-bond donors (Lipinski definition) is 5. The third-order valence-electron chi connectivity index (χ3n) is 5.00. The summed E-state index contributed by atoms with van der Waals surface area (Å²) in [5.41, 5.74) is 6.63. The van der Waals surface area contributed by atoms with Crippen molar-refractivity contribution in [2.24, 2.45) is 0 Å². The second-order valence-electron chi connectivity index (χ2n) is 7.32. The third kappa shape index (κ3) is 4.44. The SMILES string of the molecule is Cc1ccc(C(=O)NS(=O)(=O)OC[C@H]2O[C@@H](n3cnc4c(N)ncnc43)[C@H](O)[C@@H]2O)c(O)c1. The minimum Gasteiger partial charge on any atom is -0.507 e. The molecule has 3 aromatic rings. The zero-order valence-corrected chi connectivity index (χ0v) is 17.9. The van der Waals surface area contributed by atoms with Gasteiger partial charge in [-0.1, -0.05) is 6.07 Å². The lowest BCUT2D eigenvalue weighted by Crippen LogP contribution is -2.37. The molecule has 3 heterocycles. The number of benzene rings is 1. The van der Waals surface area contributed by atoms with E-state index in [1.165, 1.54) is 35.4 Å². The first-order chi connectivity index (χ1) is 15.6. The molecule has 0 bridgehead atoms. The van der Waals surface area contributed by atoms with Crippen LogP contribution in [0.15, 0.2) is 30.9 Å². The molecular weight excluding hydrogens is 460 g/mol. The number of nitrogen functional groups attached to an aromatic ring is 1. The normalized spacial score (nSPS) is 23.1. The van der Waals surface area contributed by atoms with Gasteiger partial charge >= 0.3 is 10.3 Å². The van der Waals surface area contributed by atoms with E-state index in [1.54, 1.807) is 11.6 Å². The second-order valence-corrected chi connectivity index (χ2v) is 8.67. The summed E-state index contributed by atoms with van der Waals surface area (Å²) in [7, 11) is -4.64. The smallest absolute Gasteiger partial charge is 0.362 e. The number of fused-ring (bicyclic) bond motifs is 1. The van der Waals surface area contributed by atoms with Gasteiger partial charge in [0.05, 0.1) is 18.5 Å². The molecule has 0 aliphatic carbocycles.